The molecule has 0 N–H and O–H groups in total. The van der Waals surface area contributed by atoms with Crippen LogP contribution in [0.2, 0.25) is 0 Å². The highest BCUT2D eigenvalue weighted by atomic mass is 19.4. The molecule has 1 amide bonds. The van der Waals surface area contributed by atoms with Crippen LogP contribution < -0.4 is 0 Å². The lowest BCUT2D eigenvalue weighted by Gasteiger charge is -2.33. The summed E-state index contributed by atoms with van der Waals surface area (Å²) in [5.41, 5.74) is 0.576. The van der Waals surface area contributed by atoms with Gasteiger partial charge in [-0.1, -0.05) is 17.7 Å². The van der Waals surface area contributed by atoms with E-state index in [0.717, 1.165) is 11.6 Å². The molecule has 2 nitrogen and oxygen atoms in total. The van der Waals surface area contributed by atoms with Crippen molar-refractivity contribution in [1.29, 1.82) is 0 Å². The van der Waals surface area contributed by atoms with Crippen molar-refractivity contribution in [3.05, 3.63) is 34.9 Å². The number of amides is 1. The van der Waals surface area contributed by atoms with Crippen LogP contribution in [0.25, 0.3) is 0 Å². The molecule has 20 heavy (non-hydrogen) atoms. The average Bonchev–Trinajstić information content (AvgIpc) is 2.37. The first kappa shape index (κ1) is 14.9. The van der Waals surface area contributed by atoms with Crippen molar-refractivity contribution < 1.29 is 18.0 Å². The van der Waals surface area contributed by atoms with Crippen LogP contribution >= 0.6 is 0 Å². The molecule has 0 spiro atoms. The summed E-state index contributed by atoms with van der Waals surface area (Å²) in [6.45, 7) is 2.60. The SMILES string of the molecule is [B]C(=O)N1CCC(c2cc(C)ccc2C(F)(F)F)CC1. The van der Waals surface area contributed by atoms with E-state index in [1.165, 1.54) is 11.0 Å². The molecule has 0 aliphatic carbocycles. The molecule has 6 heteroatoms. The number of benzene rings is 1. The maximum Gasteiger partial charge on any atom is 0.416 e. The summed E-state index contributed by atoms with van der Waals surface area (Å²) >= 11 is 0. The molecule has 0 saturated carbocycles. The number of alkyl halides is 3. The van der Waals surface area contributed by atoms with Crippen molar-refractivity contribution in [1.82, 2.24) is 4.90 Å². The highest BCUT2D eigenvalue weighted by molar-refractivity contribution is 6.56. The Morgan fingerprint density at radius 1 is 1.30 bits per heavy atom. The third kappa shape index (κ3) is 3.16. The highest BCUT2D eigenvalue weighted by Gasteiger charge is 2.36. The lowest BCUT2D eigenvalue weighted by atomic mass is 9.85. The van der Waals surface area contributed by atoms with E-state index >= 15 is 0 Å². The van der Waals surface area contributed by atoms with E-state index in [4.69, 9.17) is 7.85 Å². The fourth-order valence-corrected chi connectivity index (χ4v) is 2.69. The van der Waals surface area contributed by atoms with Crippen LogP contribution in [0.3, 0.4) is 0 Å². The van der Waals surface area contributed by atoms with Gasteiger partial charge in [0.2, 0.25) is 7.85 Å². The Labute approximate surface area is 117 Å². The second kappa shape index (κ2) is 5.50. The number of likely N-dealkylation sites (tertiary alicyclic amines) is 1. The Bertz CT molecular complexity index is 508. The first-order valence-corrected chi connectivity index (χ1v) is 6.51. The molecule has 1 aliphatic heterocycles. The smallest absolute Gasteiger partial charge is 0.353 e. The van der Waals surface area contributed by atoms with Gasteiger partial charge in [0.15, 0.2) is 5.81 Å². The minimum absolute atomic E-state index is 0.179. The van der Waals surface area contributed by atoms with E-state index in [0.29, 0.717) is 31.5 Å². The van der Waals surface area contributed by atoms with Crippen LogP contribution in [0, 0.1) is 6.92 Å². The van der Waals surface area contributed by atoms with E-state index in [9.17, 15) is 18.0 Å². The summed E-state index contributed by atoms with van der Waals surface area (Å²) in [4.78, 5) is 12.5. The maximum absolute atomic E-state index is 13.1. The molecule has 106 valence electrons. The van der Waals surface area contributed by atoms with Crippen LogP contribution in [-0.2, 0) is 6.18 Å². The zero-order valence-electron chi connectivity index (χ0n) is 11.2. The fraction of sp³-hybridized carbons (Fsp3) is 0.500. The first-order chi connectivity index (χ1) is 9.29. The standard InChI is InChI=1S/C14H15BF3NO/c1-9-2-3-12(14(16,17)18)11(8-9)10-4-6-19(7-5-10)13(15)20/h2-3,8,10H,4-7H2,1H3. The Morgan fingerprint density at radius 2 is 1.90 bits per heavy atom. The maximum atomic E-state index is 13.1. The van der Waals surface area contributed by atoms with Gasteiger partial charge in [-0.15, -0.1) is 0 Å². The molecule has 1 aliphatic rings. The third-order valence-electron chi connectivity index (χ3n) is 3.76. The Kier molecular flexibility index (Phi) is 4.11. The van der Waals surface area contributed by atoms with Crippen molar-refractivity contribution in [2.24, 2.45) is 0 Å². The zero-order chi connectivity index (χ0) is 14.9. The molecular weight excluding hydrogens is 266 g/mol. The number of halogens is 3. The highest BCUT2D eigenvalue weighted by Crippen LogP contribution is 2.39. The number of hydrogen-bond acceptors (Lipinski definition) is 1. The van der Waals surface area contributed by atoms with Crippen molar-refractivity contribution in [2.45, 2.75) is 31.9 Å². The molecular formula is C14H15BF3NO. The predicted molar refractivity (Wildman–Crippen MR) is 70.9 cm³/mol. The van der Waals surface area contributed by atoms with Crippen LogP contribution in [0.4, 0.5) is 18.0 Å². The van der Waals surface area contributed by atoms with Crippen molar-refractivity contribution in [2.75, 3.05) is 13.1 Å². The number of carbonyl (C=O) groups excluding carboxylic acids is 1. The van der Waals surface area contributed by atoms with Gasteiger partial charge >= 0.3 is 6.18 Å². The van der Waals surface area contributed by atoms with Gasteiger partial charge in [-0.25, -0.2) is 0 Å². The number of piperidine rings is 1. The summed E-state index contributed by atoms with van der Waals surface area (Å²) in [5, 5.41) is 0. The van der Waals surface area contributed by atoms with Gasteiger partial charge in [-0.05, 0) is 37.3 Å². The Balaban J connectivity index is 2.25. The summed E-state index contributed by atoms with van der Waals surface area (Å²) < 4.78 is 39.2. The van der Waals surface area contributed by atoms with Crippen LogP contribution in [0.1, 0.15) is 35.4 Å². The molecule has 0 atom stereocenters. The monoisotopic (exact) mass is 281 g/mol. The molecule has 1 saturated heterocycles. The minimum atomic E-state index is -4.34. The zero-order valence-corrected chi connectivity index (χ0v) is 11.2. The molecule has 1 fully saturated rings. The van der Waals surface area contributed by atoms with Crippen LogP contribution in [0.5, 0.6) is 0 Å². The van der Waals surface area contributed by atoms with Gasteiger partial charge in [-0.2, -0.15) is 13.2 Å². The number of carbonyl (C=O) groups is 1. The first-order valence-electron chi connectivity index (χ1n) is 6.51. The molecule has 0 aromatic heterocycles. The number of aryl methyl sites for hydroxylation is 1. The normalized spacial score (nSPS) is 17.3. The number of rotatable bonds is 1. The van der Waals surface area contributed by atoms with Crippen LogP contribution in [-0.4, -0.2) is 31.6 Å². The third-order valence-corrected chi connectivity index (χ3v) is 3.76. The topological polar surface area (TPSA) is 20.3 Å². The van der Waals surface area contributed by atoms with Crippen molar-refractivity contribution >= 4 is 13.7 Å². The lowest BCUT2D eigenvalue weighted by Crippen LogP contribution is -2.37. The molecule has 1 aromatic rings. The molecule has 2 rings (SSSR count). The van der Waals surface area contributed by atoms with Gasteiger partial charge in [-0.3, -0.25) is 4.79 Å². The molecule has 1 aromatic carbocycles. The van der Waals surface area contributed by atoms with E-state index in [-0.39, 0.29) is 5.92 Å². The summed E-state index contributed by atoms with van der Waals surface area (Å²) in [5.74, 6) is -0.689. The molecule has 2 radical (unpaired) electrons. The van der Waals surface area contributed by atoms with Crippen molar-refractivity contribution in [3.8, 4) is 0 Å². The second-order valence-electron chi connectivity index (χ2n) is 5.19. The average molecular weight is 281 g/mol. The van der Waals surface area contributed by atoms with E-state index in [1.54, 1.807) is 13.0 Å². The largest absolute Gasteiger partial charge is 0.416 e. The van der Waals surface area contributed by atoms with Gasteiger partial charge in [0, 0.05) is 13.1 Å². The van der Waals surface area contributed by atoms with E-state index in [1.807, 2.05) is 0 Å². The Hall–Kier alpha value is -1.46. The Morgan fingerprint density at radius 3 is 2.40 bits per heavy atom. The number of nitrogens with zero attached hydrogens (tertiary/aromatic N) is 1. The van der Waals surface area contributed by atoms with Crippen molar-refractivity contribution in [3.63, 3.8) is 0 Å². The second-order valence-corrected chi connectivity index (χ2v) is 5.19. The minimum Gasteiger partial charge on any atom is -0.353 e. The fourth-order valence-electron chi connectivity index (χ4n) is 2.69. The predicted octanol–water partition coefficient (Wildman–Crippen LogP) is 3.48. The van der Waals surface area contributed by atoms with Gasteiger partial charge < -0.3 is 4.90 Å². The summed E-state index contributed by atoms with van der Waals surface area (Å²) in [6.07, 6.45) is -3.32. The molecule has 0 unspecified atom stereocenters. The quantitative estimate of drug-likeness (QED) is 0.722. The lowest BCUT2D eigenvalue weighted by molar-refractivity contribution is -0.138. The van der Waals surface area contributed by atoms with Crippen LogP contribution in [0.15, 0.2) is 18.2 Å². The summed E-state index contributed by atoms with van der Waals surface area (Å²) in [6, 6.07) is 4.23. The van der Waals surface area contributed by atoms with Gasteiger partial charge in [0.1, 0.15) is 0 Å². The van der Waals surface area contributed by atoms with Gasteiger partial charge in [0.25, 0.3) is 0 Å². The molecule has 0 bridgehead atoms. The van der Waals surface area contributed by atoms with Gasteiger partial charge in [0.05, 0.1) is 5.56 Å². The summed E-state index contributed by atoms with van der Waals surface area (Å²) in [7, 11) is 5.18. The molecule has 1 heterocycles. The van der Waals surface area contributed by atoms with E-state index < -0.39 is 17.5 Å². The van der Waals surface area contributed by atoms with E-state index in [2.05, 4.69) is 0 Å². The number of hydrogen-bond donors (Lipinski definition) is 0.